The van der Waals surface area contributed by atoms with Crippen molar-refractivity contribution in [1.82, 2.24) is 5.32 Å². The fourth-order valence-corrected chi connectivity index (χ4v) is 2.34. The second kappa shape index (κ2) is 9.37. The van der Waals surface area contributed by atoms with Gasteiger partial charge in [-0.3, -0.25) is 0 Å². The number of ether oxygens (including phenoxy) is 1. The van der Waals surface area contributed by atoms with Gasteiger partial charge >= 0.3 is 0 Å². The van der Waals surface area contributed by atoms with Crippen molar-refractivity contribution in [2.24, 2.45) is 0 Å². The van der Waals surface area contributed by atoms with Crippen LogP contribution in [-0.2, 0) is 0 Å². The molecular formula is C16H24INO. The van der Waals surface area contributed by atoms with Gasteiger partial charge in [-0.2, -0.15) is 0 Å². The van der Waals surface area contributed by atoms with Gasteiger partial charge in [-0.15, -0.1) is 0 Å². The van der Waals surface area contributed by atoms with E-state index in [-0.39, 0.29) is 0 Å². The lowest BCUT2D eigenvalue weighted by Gasteiger charge is -2.06. The quantitative estimate of drug-likeness (QED) is 0.536. The van der Waals surface area contributed by atoms with Crippen molar-refractivity contribution in [1.29, 1.82) is 0 Å². The fraction of sp³-hybridized carbons (Fsp3) is 0.500. The van der Waals surface area contributed by atoms with Crippen molar-refractivity contribution in [3.05, 3.63) is 33.4 Å². The van der Waals surface area contributed by atoms with Crippen LogP contribution in [0.15, 0.2) is 24.3 Å². The molecule has 0 radical (unpaired) electrons. The van der Waals surface area contributed by atoms with Crippen molar-refractivity contribution in [3.63, 3.8) is 0 Å². The highest BCUT2D eigenvalue weighted by Gasteiger charge is 1.99. The predicted octanol–water partition coefficient (Wildman–Crippen LogP) is 4.48. The third-order valence-electron chi connectivity index (χ3n) is 2.84. The van der Waals surface area contributed by atoms with Crippen molar-refractivity contribution >= 4 is 28.7 Å². The molecule has 0 saturated carbocycles. The van der Waals surface area contributed by atoms with Crippen LogP contribution >= 0.6 is 22.6 Å². The number of hydrogen-bond acceptors (Lipinski definition) is 2. The molecule has 1 aromatic rings. The van der Waals surface area contributed by atoms with Crippen LogP contribution in [-0.4, -0.2) is 19.7 Å². The number of hydrogen-bond donors (Lipinski definition) is 1. The van der Waals surface area contributed by atoms with Crippen LogP contribution in [0.2, 0.25) is 0 Å². The molecule has 106 valence electrons. The van der Waals surface area contributed by atoms with Crippen molar-refractivity contribution in [2.45, 2.75) is 39.2 Å². The van der Waals surface area contributed by atoms with Gasteiger partial charge in [-0.25, -0.2) is 0 Å². The molecule has 0 heterocycles. The van der Waals surface area contributed by atoms with Gasteiger partial charge in [0.15, 0.2) is 0 Å². The second-order valence-corrected chi connectivity index (χ2v) is 6.14. The summed E-state index contributed by atoms with van der Waals surface area (Å²) in [5.74, 6) is 0.943. The number of benzene rings is 1. The molecule has 0 saturated heterocycles. The Bertz CT molecular complexity index is 402. The highest BCUT2D eigenvalue weighted by molar-refractivity contribution is 14.1. The molecule has 0 fully saturated rings. The zero-order chi connectivity index (χ0) is 14.1. The summed E-state index contributed by atoms with van der Waals surface area (Å²) in [6.07, 6.45) is 7.98. The number of allylic oxidation sites excluding steroid dienone is 1. The van der Waals surface area contributed by atoms with E-state index in [9.17, 15) is 0 Å². The highest BCUT2D eigenvalue weighted by atomic mass is 127. The number of rotatable bonds is 8. The lowest BCUT2D eigenvalue weighted by molar-refractivity contribution is 0.413. The van der Waals surface area contributed by atoms with Crippen LogP contribution in [0.25, 0.3) is 6.08 Å². The van der Waals surface area contributed by atoms with Crippen LogP contribution in [0.1, 0.15) is 38.7 Å². The van der Waals surface area contributed by atoms with Crippen LogP contribution in [0.3, 0.4) is 0 Å². The maximum absolute atomic E-state index is 5.36. The lowest BCUT2D eigenvalue weighted by atomic mass is 10.1. The zero-order valence-corrected chi connectivity index (χ0v) is 14.2. The Morgan fingerprint density at radius 3 is 2.79 bits per heavy atom. The molecule has 1 rings (SSSR count). The summed E-state index contributed by atoms with van der Waals surface area (Å²) in [7, 11) is 1.72. The van der Waals surface area contributed by atoms with E-state index in [0.717, 1.165) is 24.3 Å². The molecule has 0 bridgehead atoms. The van der Waals surface area contributed by atoms with Gasteiger partial charge in [0.1, 0.15) is 5.75 Å². The minimum Gasteiger partial charge on any atom is -0.496 e. The molecule has 0 amide bonds. The SMILES string of the molecule is COc1ccc(I)cc1/C=C/CCCCNC(C)C. The van der Waals surface area contributed by atoms with Crippen LogP contribution < -0.4 is 10.1 Å². The number of unbranched alkanes of at least 4 members (excludes halogenated alkanes) is 2. The summed E-state index contributed by atoms with van der Waals surface area (Å²) >= 11 is 2.33. The van der Waals surface area contributed by atoms with E-state index >= 15 is 0 Å². The third-order valence-corrected chi connectivity index (χ3v) is 3.51. The average Bonchev–Trinajstić information content (AvgIpc) is 2.37. The smallest absolute Gasteiger partial charge is 0.126 e. The standard InChI is InChI=1S/C16H24INO/c1-13(2)18-11-7-5-4-6-8-14-12-15(17)9-10-16(14)19-3/h6,8-10,12-13,18H,4-5,7,11H2,1-3H3/b8-6+. The fourth-order valence-electron chi connectivity index (χ4n) is 1.82. The number of methoxy groups -OCH3 is 1. The van der Waals surface area contributed by atoms with Crippen molar-refractivity contribution < 1.29 is 4.74 Å². The zero-order valence-electron chi connectivity index (χ0n) is 12.1. The first-order valence-electron chi connectivity index (χ1n) is 6.87. The lowest BCUT2D eigenvalue weighted by Crippen LogP contribution is -2.23. The van der Waals surface area contributed by atoms with Crippen molar-refractivity contribution in [2.75, 3.05) is 13.7 Å². The van der Waals surface area contributed by atoms with Gasteiger partial charge in [0, 0.05) is 15.2 Å². The Morgan fingerprint density at radius 1 is 1.32 bits per heavy atom. The van der Waals surface area contributed by atoms with E-state index in [1.165, 1.54) is 16.4 Å². The third kappa shape index (κ3) is 6.97. The maximum atomic E-state index is 5.36. The molecule has 0 unspecified atom stereocenters. The summed E-state index contributed by atoms with van der Waals surface area (Å²) in [4.78, 5) is 0. The Kier molecular flexibility index (Phi) is 8.14. The largest absolute Gasteiger partial charge is 0.496 e. The average molecular weight is 373 g/mol. The molecule has 0 aliphatic rings. The number of nitrogens with one attached hydrogen (secondary N) is 1. The Balaban J connectivity index is 2.34. The second-order valence-electron chi connectivity index (χ2n) is 4.89. The van der Waals surface area contributed by atoms with Crippen molar-refractivity contribution in [3.8, 4) is 5.75 Å². The van der Waals surface area contributed by atoms with Gasteiger partial charge in [-0.05, 0) is 66.6 Å². The monoisotopic (exact) mass is 373 g/mol. The van der Waals surface area contributed by atoms with Gasteiger partial charge < -0.3 is 10.1 Å². The molecule has 0 spiro atoms. The normalized spacial score (nSPS) is 11.4. The van der Waals surface area contributed by atoms with E-state index in [2.05, 4.69) is 66.0 Å². The van der Waals surface area contributed by atoms with E-state index in [1.54, 1.807) is 7.11 Å². The summed E-state index contributed by atoms with van der Waals surface area (Å²) in [5.41, 5.74) is 1.16. The molecule has 3 heteroatoms. The van der Waals surface area contributed by atoms with Crippen LogP contribution in [0.5, 0.6) is 5.75 Å². The van der Waals surface area contributed by atoms with Crippen LogP contribution in [0.4, 0.5) is 0 Å². The Hall–Kier alpha value is -0.550. The molecule has 19 heavy (non-hydrogen) atoms. The first-order valence-corrected chi connectivity index (χ1v) is 7.95. The molecule has 0 aliphatic heterocycles. The summed E-state index contributed by atoms with van der Waals surface area (Å²) in [6.45, 7) is 5.48. The maximum Gasteiger partial charge on any atom is 0.126 e. The van der Waals surface area contributed by atoms with E-state index in [4.69, 9.17) is 4.74 Å². The Labute approximate surface area is 130 Å². The van der Waals surface area contributed by atoms with E-state index in [0.29, 0.717) is 6.04 Å². The topological polar surface area (TPSA) is 21.3 Å². The van der Waals surface area contributed by atoms with Gasteiger partial charge in [0.05, 0.1) is 7.11 Å². The van der Waals surface area contributed by atoms with E-state index in [1.807, 2.05) is 6.07 Å². The first kappa shape index (κ1) is 16.5. The molecule has 2 nitrogen and oxygen atoms in total. The first-order chi connectivity index (χ1) is 9.13. The number of halogens is 1. The Morgan fingerprint density at radius 2 is 2.11 bits per heavy atom. The molecular weight excluding hydrogens is 349 g/mol. The molecule has 0 atom stereocenters. The van der Waals surface area contributed by atoms with Gasteiger partial charge in [0.25, 0.3) is 0 Å². The molecule has 0 aromatic heterocycles. The van der Waals surface area contributed by atoms with Gasteiger partial charge in [0.2, 0.25) is 0 Å². The summed E-state index contributed by atoms with van der Waals surface area (Å²) in [6, 6.07) is 6.82. The van der Waals surface area contributed by atoms with Crippen LogP contribution in [0, 0.1) is 3.57 Å². The summed E-state index contributed by atoms with van der Waals surface area (Å²) < 4.78 is 6.59. The predicted molar refractivity (Wildman–Crippen MR) is 91.7 cm³/mol. The minimum atomic E-state index is 0.589. The summed E-state index contributed by atoms with van der Waals surface area (Å²) in [5, 5.41) is 3.43. The molecule has 1 aromatic carbocycles. The van der Waals surface area contributed by atoms with Gasteiger partial charge in [-0.1, -0.05) is 26.0 Å². The highest BCUT2D eigenvalue weighted by Crippen LogP contribution is 2.22. The van der Waals surface area contributed by atoms with E-state index < -0.39 is 0 Å². The molecule has 0 aliphatic carbocycles. The molecule has 1 N–H and O–H groups in total. The minimum absolute atomic E-state index is 0.589.